The zero-order chi connectivity index (χ0) is 11.5. The fourth-order valence-corrected chi connectivity index (χ4v) is 2.28. The molecule has 1 aliphatic carbocycles. The average molecular weight is 286 g/mol. The Morgan fingerprint density at radius 3 is 2.81 bits per heavy atom. The maximum absolute atomic E-state index is 9.93. The molecular weight excluding hydrogens is 270 g/mol. The molecular formula is C12H16BrNO2. The monoisotopic (exact) mass is 285 g/mol. The van der Waals surface area contributed by atoms with Crippen LogP contribution in [0.4, 0.5) is 0 Å². The summed E-state index contributed by atoms with van der Waals surface area (Å²) in [6, 6.07) is 8.04. The molecule has 3 N–H and O–H groups in total. The van der Waals surface area contributed by atoms with Crippen LogP contribution < -0.4 is 5.32 Å². The van der Waals surface area contributed by atoms with Gasteiger partial charge in [0.15, 0.2) is 0 Å². The highest BCUT2D eigenvalue weighted by molar-refractivity contribution is 9.10. The van der Waals surface area contributed by atoms with Gasteiger partial charge >= 0.3 is 0 Å². The molecule has 0 radical (unpaired) electrons. The first-order valence-electron chi connectivity index (χ1n) is 5.50. The Labute approximate surface area is 104 Å². The van der Waals surface area contributed by atoms with Crippen molar-refractivity contribution in [2.75, 3.05) is 6.54 Å². The van der Waals surface area contributed by atoms with Crippen molar-refractivity contribution in [3.05, 3.63) is 34.3 Å². The lowest BCUT2D eigenvalue weighted by Crippen LogP contribution is -2.45. The largest absolute Gasteiger partial charge is 0.393 e. The normalized spacial score (nSPS) is 26.2. The standard InChI is InChI=1S/C12H16BrNO2/c13-9-3-1-2-8(4-9)12(16)7-14-10-5-11(15)6-10/h1-4,10-12,14-16H,5-7H2. The van der Waals surface area contributed by atoms with E-state index in [1.165, 1.54) is 0 Å². The molecule has 1 aliphatic rings. The first kappa shape index (κ1) is 12.0. The summed E-state index contributed by atoms with van der Waals surface area (Å²) in [5, 5.41) is 22.3. The van der Waals surface area contributed by atoms with Crippen LogP contribution in [0.2, 0.25) is 0 Å². The molecule has 0 amide bonds. The summed E-state index contributed by atoms with van der Waals surface area (Å²) in [7, 11) is 0. The van der Waals surface area contributed by atoms with Crippen LogP contribution in [0.1, 0.15) is 24.5 Å². The van der Waals surface area contributed by atoms with Crippen molar-refractivity contribution in [2.24, 2.45) is 0 Å². The van der Waals surface area contributed by atoms with Crippen LogP contribution in [0.15, 0.2) is 28.7 Å². The van der Waals surface area contributed by atoms with Crippen LogP contribution in [-0.4, -0.2) is 28.9 Å². The van der Waals surface area contributed by atoms with Crippen molar-refractivity contribution in [2.45, 2.75) is 31.1 Å². The number of rotatable bonds is 4. The Kier molecular flexibility index (Phi) is 3.97. The molecule has 1 aromatic rings. The van der Waals surface area contributed by atoms with Crippen LogP contribution in [0.25, 0.3) is 0 Å². The number of halogens is 1. The Morgan fingerprint density at radius 1 is 1.44 bits per heavy atom. The predicted octanol–water partition coefficient (Wildman–Crippen LogP) is 1.60. The van der Waals surface area contributed by atoms with Gasteiger partial charge in [-0.25, -0.2) is 0 Å². The van der Waals surface area contributed by atoms with Crippen molar-refractivity contribution >= 4 is 15.9 Å². The lowest BCUT2D eigenvalue weighted by molar-refractivity contribution is 0.0551. The fraction of sp³-hybridized carbons (Fsp3) is 0.500. The molecule has 1 saturated carbocycles. The Morgan fingerprint density at radius 2 is 2.19 bits per heavy atom. The smallest absolute Gasteiger partial charge is 0.0914 e. The van der Waals surface area contributed by atoms with E-state index in [1.54, 1.807) is 0 Å². The van der Waals surface area contributed by atoms with Crippen LogP contribution in [-0.2, 0) is 0 Å². The van der Waals surface area contributed by atoms with E-state index in [1.807, 2.05) is 24.3 Å². The minimum atomic E-state index is -0.491. The van der Waals surface area contributed by atoms with E-state index < -0.39 is 6.10 Å². The second-order valence-electron chi connectivity index (χ2n) is 4.30. The summed E-state index contributed by atoms with van der Waals surface area (Å²) in [5.41, 5.74) is 0.904. The summed E-state index contributed by atoms with van der Waals surface area (Å²) in [6.45, 7) is 0.536. The van der Waals surface area contributed by atoms with Crippen molar-refractivity contribution in [1.82, 2.24) is 5.32 Å². The summed E-state index contributed by atoms with van der Waals surface area (Å²) >= 11 is 3.38. The van der Waals surface area contributed by atoms with Gasteiger partial charge in [-0.1, -0.05) is 28.1 Å². The SMILES string of the molecule is OC1CC(NCC(O)c2cccc(Br)c2)C1. The summed E-state index contributed by atoms with van der Waals surface area (Å²) in [6.07, 6.45) is 0.951. The average Bonchev–Trinajstić information content (AvgIpc) is 2.22. The van der Waals surface area contributed by atoms with E-state index in [2.05, 4.69) is 21.2 Å². The highest BCUT2D eigenvalue weighted by Gasteiger charge is 2.26. The molecule has 1 atom stereocenters. The summed E-state index contributed by atoms with van der Waals surface area (Å²) in [5.74, 6) is 0. The topological polar surface area (TPSA) is 52.5 Å². The second-order valence-corrected chi connectivity index (χ2v) is 5.22. The van der Waals surface area contributed by atoms with Crippen molar-refractivity contribution in [1.29, 1.82) is 0 Å². The zero-order valence-corrected chi connectivity index (χ0v) is 10.5. The molecule has 0 bridgehead atoms. The van der Waals surface area contributed by atoms with Gasteiger partial charge in [0.05, 0.1) is 12.2 Å². The molecule has 0 aromatic heterocycles. The molecule has 0 heterocycles. The van der Waals surface area contributed by atoms with Gasteiger partial charge in [0.25, 0.3) is 0 Å². The van der Waals surface area contributed by atoms with Crippen molar-refractivity contribution in [3.8, 4) is 0 Å². The number of hydrogen-bond donors (Lipinski definition) is 3. The Bertz CT molecular complexity index is 353. The van der Waals surface area contributed by atoms with E-state index in [0.717, 1.165) is 22.9 Å². The highest BCUT2D eigenvalue weighted by Crippen LogP contribution is 2.21. The molecule has 4 heteroatoms. The number of benzene rings is 1. The molecule has 16 heavy (non-hydrogen) atoms. The number of nitrogens with one attached hydrogen (secondary N) is 1. The third-order valence-corrected chi connectivity index (χ3v) is 3.44. The predicted molar refractivity (Wildman–Crippen MR) is 66.1 cm³/mol. The molecule has 88 valence electrons. The zero-order valence-electron chi connectivity index (χ0n) is 8.94. The van der Waals surface area contributed by atoms with E-state index >= 15 is 0 Å². The van der Waals surface area contributed by atoms with Gasteiger partial charge in [0, 0.05) is 17.1 Å². The maximum Gasteiger partial charge on any atom is 0.0914 e. The van der Waals surface area contributed by atoms with Gasteiger partial charge in [-0.2, -0.15) is 0 Å². The van der Waals surface area contributed by atoms with Crippen molar-refractivity contribution < 1.29 is 10.2 Å². The third kappa shape index (κ3) is 3.04. The van der Waals surface area contributed by atoms with Gasteiger partial charge in [0.2, 0.25) is 0 Å². The van der Waals surface area contributed by atoms with Gasteiger partial charge in [0.1, 0.15) is 0 Å². The molecule has 0 aliphatic heterocycles. The second kappa shape index (κ2) is 5.27. The Hall–Kier alpha value is -0.420. The number of aliphatic hydroxyl groups is 2. The highest BCUT2D eigenvalue weighted by atomic mass is 79.9. The molecule has 0 spiro atoms. The van der Waals surface area contributed by atoms with Gasteiger partial charge in [-0.15, -0.1) is 0 Å². The molecule has 1 unspecified atom stereocenters. The minimum absolute atomic E-state index is 0.152. The molecule has 2 rings (SSSR count). The maximum atomic E-state index is 9.93. The Balaban J connectivity index is 1.81. The van der Waals surface area contributed by atoms with E-state index in [4.69, 9.17) is 5.11 Å². The molecule has 0 saturated heterocycles. The van der Waals surface area contributed by atoms with Gasteiger partial charge in [-0.3, -0.25) is 0 Å². The lowest BCUT2D eigenvalue weighted by Gasteiger charge is -2.32. The minimum Gasteiger partial charge on any atom is -0.393 e. The summed E-state index contributed by atoms with van der Waals surface area (Å²) in [4.78, 5) is 0. The van der Waals surface area contributed by atoms with Crippen LogP contribution in [0.5, 0.6) is 0 Å². The molecule has 3 nitrogen and oxygen atoms in total. The van der Waals surface area contributed by atoms with Gasteiger partial charge < -0.3 is 15.5 Å². The van der Waals surface area contributed by atoms with Crippen LogP contribution in [0, 0.1) is 0 Å². The molecule has 1 fully saturated rings. The van der Waals surface area contributed by atoms with Crippen LogP contribution >= 0.6 is 15.9 Å². The van der Waals surface area contributed by atoms with E-state index in [-0.39, 0.29) is 6.10 Å². The summed E-state index contributed by atoms with van der Waals surface area (Å²) < 4.78 is 0.975. The quantitative estimate of drug-likeness (QED) is 0.788. The van der Waals surface area contributed by atoms with Gasteiger partial charge in [-0.05, 0) is 30.5 Å². The lowest BCUT2D eigenvalue weighted by atomic mass is 9.89. The van der Waals surface area contributed by atoms with Crippen LogP contribution in [0.3, 0.4) is 0 Å². The first-order chi connectivity index (χ1) is 7.65. The number of hydrogen-bond acceptors (Lipinski definition) is 3. The third-order valence-electron chi connectivity index (χ3n) is 2.95. The number of aliphatic hydroxyl groups excluding tert-OH is 2. The molecule has 1 aromatic carbocycles. The van der Waals surface area contributed by atoms with E-state index in [9.17, 15) is 5.11 Å². The van der Waals surface area contributed by atoms with Crippen molar-refractivity contribution in [3.63, 3.8) is 0 Å². The van der Waals surface area contributed by atoms with E-state index in [0.29, 0.717) is 12.6 Å². The fourth-order valence-electron chi connectivity index (χ4n) is 1.86. The first-order valence-corrected chi connectivity index (χ1v) is 6.29.